The molecule has 0 saturated carbocycles. The summed E-state index contributed by atoms with van der Waals surface area (Å²) in [4.78, 5) is 20.1. The first kappa shape index (κ1) is 15.6. The Labute approximate surface area is 149 Å². The second kappa shape index (κ2) is 6.94. The van der Waals surface area contributed by atoms with Gasteiger partial charge in [-0.25, -0.2) is 9.78 Å². The minimum atomic E-state index is -0.356. The Hall–Kier alpha value is -3.87. The number of carbonyl (C=O) groups excluding carboxylic acids is 1. The number of rotatable bonds is 4. The van der Waals surface area contributed by atoms with Gasteiger partial charge in [0.2, 0.25) is 0 Å². The standard InChI is InChI=1S/C19H14N5O2/c25-19(23-15-4-2-8-20-12-15)22-14-3-1-5-16(11-14)26-17-6-7-18-21-9-10-24(18)13-17/h1-8,10-13H,(H2,22,23,25). The Balaban J connectivity index is 1.45. The van der Waals surface area contributed by atoms with Crippen LogP contribution in [0, 0.1) is 6.20 Å². The monoisotopic (exact) mass is 344 g/mol. The molecule has 4 aromatic rings. The van der Waals surface area contributed by atoms with Crippen molar-refractivity contribution in [2.75, 3.05) is 10.6 Å². The third kappa shape index (κ3) is 3.62. The van der Waals surface area contributed by atoms with Crippen molar-refractivity contribution < 1.29 is 9.53 Å². The zero-order valence-corrected chi connectivity index (χ0v) is 13.6. The van der Waals surface area contributed by atoms with Crippen LogP contribution in [0.25, 0.3) is 5.65 Å². The molecule has 3 aromatic heterocycles. The molecule has 2 amide bonds. The second-order valence-corrected chi connectivity index (χ2v) is 5.45. The van der Waals surface area contributed by atoms with Gasteiger partial charge in [-0.3, -0.25) is 4.98 Å². The molecule has 0 aliphatic carbocycles. The first-order chi connectivity index (χ1) is 12.8. The number of pyridine rings is 2. The molecule has 7 nitrogen and oxygen atoms in total. The normalized spacial score (nSPS) is 10.5. The van der Waals surface area contributed by atoms with E-state index < -0.39 is 0 Å². The van der Waals surface area contributed by atoms with E-state index in [-0.39, 0.29) is 6.03 Å². The van der Waals surface area contributed by atoms with Crippen molar-refractivity contribution in [3.8, 4) is 11.5 Å². The molecule has 26 heavy (non-hydrogen) atoms. The predicted octanol–water partition coefficient (Wildman–Crippen LogP) is 3.97. The Kier molecular flexibility index (Phi) is 4.17. The highest BCUT2D eigenvalue weighted by Crippen LogP contribution is 2.24. The van der Waals surface area contributed by atoms with E-state index in [2.05, 4.69) is 26.8 Å². The fourth-order valence-electron chi connectivity index (χ4n) is 2.41. The number of hydrogen-bond acceptors (Lipinski definition) is 4. The van der Waals surface area contributed by atoms with Gasteiger partial charge in [-0.2, -0.15) is 0 Å². The summed E-state index contributed by atoms with van der Waals surface area (Å²) >= 11 is 0. The molecule has 4 rings (SSSR count). The number of anilines is 2. The van der Waals surface area contributed by atoms with E-state index in [1.807, 2.05) is 28.8 Å². The van der Waals surface area contributed by atoms with Crippen LogP contribution in [0.3, 0.4) is 0 Å². The van der Waals surface area contributed by atoms with Gasteiger partial charge in [0.05, 0.1) is 18.1 Å². The van der Waals surface area contributed by atoms with E-state index in [1.165, 1.54) is 0 Å². The van der Waals surface area contributed by atoms with Crippen LogP contribution in [-0.4, -0.2) is 20.4 Å². The SMILES string of the molecule is O=C(Nc1cccnc1)Nc1cccc(Oc2ccc3n[c]cn3c2)c1. The third-order valence-electron chi connectivity index (χ3n) is 3.55. The lowest BCUT2D eigenvalue weighted by Gasteiger charge is -2.10. The average molecular weight is 344 g/mol. The van der Waals surface area contributed by atoms with E-state index in [9.17, 15) is 4.79 Å². The second-order valence-electron chi connectivity index (χ2n) is 5.45. The molecule has 0 saturated heterocycles. The summed E-state index contributed by atoms with van der Waals surface area (Å²) in [7, 11) is 0. The Morgan fingerprint density at radius 2 is 1.92 bits per heavy atom. The summed E-state index contributed by atoms with van der Waals surface area (Å²) in [6, 6.07) is 14.0. The van der Waals surface area contributed by atoms with Crippen molar-refractivity contribution in [3.63, 3.8) is 0 Å². The van der Waals surface area contributed by atoms with Crippen LogP contribution in [0.1, 0.15) is 0 Å². The third-order valence-corrected chi connectivity index (χ3v) is 3.55. The van der Waals surface area contributed by atoms with Gasteiger partial charge in [0.15, 0.2) is 0 Å². The van der Waals surface area contributed by atoms with E-state index in [1.54, 1.807) is 48.9 Å². The summed E-state index contributed by atoms with van der Waals surface area (Å²) in [5, 5.41) is 5.47. The van der Waals surface area contributed by atoms with Crippen LogP contribution in [0.4, 0.5) is 16.2 Å². The maximum atomic E-state index is 12.1. The number of carbonyl (C=O) groups is 1. The van der Waals surface area contributed by atoms with Crippen LogP contribution < -0.4 is 15.4 Å². The lowest BCUT2D eigenvalue weighted by Crippen LogP contribution is -2.19. The van der Waals surface area contributed by atoms with E-state index in [0.29, 0.717) is 22.9 Å². The van der Waals surface area contributed by atoms with Crippen LogP contribution in [-0.2, 0) is 0 Å². The minimum Gasteiger partial charge on any atom is -0.456 e. The van der Waals surface area contributed by atoms with Gasteiger partial charge in [0.1, 0.15) is 23.3 Å². The molecule has 0 bridgehead atoms. The Morgan fingerprint density at radius 1 is 1.04 bits per heavy atom. The first-order valence-electron chi connectivity index (χ1n) is 7.87. The lowest BCUT2D eigenvalue weighted by atomic mass is 10.3. The summed E-state index contributed by atoms with van der Waals surface area (Å²) in [6.45, 7) is 0. The predicted molar refractivity (Wildman–Crippen MR) is 97.4 cm³/mol. The fraction of sp³-hybridized carbons (Fsp3) is 0. The average Bonchev–Trinajstić information content (AvgIpc) is 3.10. The molecular weight excluding hydrogens is 330 g/mol. The smallest absolute Gasteiger partial charge is 0.323 e. The molecule has 0 unspecified atom stereocenters. The number of benzene rings is 1. The Bertz CT molecular complexity index is 1050. The highest BCUT2D eigenvalue weighted by atomic mass is 16.5. The largest absolute Gasteiger partial charge is 0.456 e. The molecule has 127 valence electrons. The van der Waals surface area contributed by atoms with Crippen LogP contribution in [0.15, 0.2) is 73.3 Å². The summed E-state index contributed by atoms with van der Waals surface area (Å²) in [5.41, 5.74) is 2.02. The van der Waals surface area contributed by atoms with E-state index >= 15 is 0 Å². The lowest BCUT2D eigenvalue weighted by molar-refractivity contribution is 0.262. The maximum absolute atomic E-state index is 12.1. The van der Waals surface area contributed by atoms with Crippen molar-refractivity contribution in [1.82, 2.24) is 14.4 Å². The van der Waals surface area contributed by atoms with Crippen molar-refractivity contribution in [3.05, 3.63) is 79.5 Å². The summed E-state index contributed by atoms with van der Waals surface area (Å²) in [6.07, 6.45) is 9.53. The maximum Gasteiger partial charge on any atom is 0.323 e. The molecule has 0 aliphatic rings. The summed E-state index contributed by atoms with van der Waals surface area (Å²) in [5.74, 6) is 1.26. The van der Waals surface area contributed by atoms with Gasteiger partial charge < -0.3 is 19.8 Å². The number of imidazole rings is 1. The molecular formula is C19H14N5O2. The number of hydrogen-bond donors (Lipinski definition) is 2. The summed E-state index contributed by atoms with van der Waals surface area (Å²) < 4.78 is 7.67. The van der Waals surface area contributed by atoms with Crippen LogP contribution >= 0.6 is 0 Å². The van der Waals surface area contributed by atoms with Crippen molar-refractivity contribution in [2.24, 2.45) is 0 Å². The van der Waals surface area contributed by atoms with Crippen molar-refractivity contribution in [2.45, 2.75) is 0 Å². The van der Waals surface area contributed by atoms with Crippen molar-refractivity contribution >= 4 is 23.1 Å². The quantitative estimate of drug-likeness (QED) is 0.587. The number of ether oxygens (including phenoxy) is 1. The number of nitrogens with zero attached hydrogens (tertiary/aromatic N) is 3. The minimum absolute atomic E-state index is 0.356. The topological polar surface area (TPSA) is 80.5 Å². The molecule has 0 spiro atoms. The molecule has 0 aliphatic heterocycles. The zero-order valence-electron chi connectivity index (χ0n) is 13.6. The highest BCUT2D eigenvalue weighted by molar-refractivity contribution is 5.99. The molecule has 1 aromatic carbocycles. The number of nitrogens with one attached hydrogen (secondary N) is 2. The number of urea groups is 1. The zero-order chi connectivity index (χ0) is 17.8. The van der Waals surface area contributed by atoms with Crippen LogP contribution in [0.5, 0.6) is 11.5 Å². The fourth-order valence-corrected chi connectivity index (χ4v) is 2.41. The number of amides is 2. The van der Waals surface area contributed by atoms with Gasteiger partial charge in [-0.15, -0.1) is 0 Å². The Morgan fingerprint density at radius 3 is 2.81 bits per heavy atom. The molecule has 2 N–H and O–H groups in total. The highest BCUT2D eigenvalue weighted by Gasteiger charge is 2.05. The molecule has 0 fully saturated rings. The van der Waals surface area contributed by atoms with Gasteiger partial charge in [0.25, 0.3) is 0 Å². The molecule has 3 heterocycles. The van der Waals surface area contributed by atoms with Crippen molar-refractivity contribution in [1.29, 1.82) is 0 Å². The number of aromatic nitrogens is 3. The van der Waals surface area contributed by atoms with Gasteiger partial charge >= 0.3 is 6.03 Å². The first-order valence-corrected chi connectivity index (χ1v) is 7.87. The van der Waals surface area contributed by atoms with Gasteiger partial charge in [-0.1, -0.05) is 6.07 Å². The van der Waals surface area contributed by atoms with E-state index in [0.717, 1.165) is 5.65 Å². The molecule has 1 radical (unpaired) electrons. The number of fused-ring (bicyclic) bond motifs is 1. The van der Waals surface area contributed by atoms with Gasteiger partial charge in [-0.05, 0) is 36.4 Å². The molecule has 0 atom stereocenters. The van der Waals surface area contributed by atoms with Gasteiger partial charge in [0, 0.05) is 24.1 Å². The van der Waals surface area contributed by atoms with Crippen LogP contribution in [0.2, 0.25) is 0 Å². The van der Waals surface area contributed by atoms with E-state index in [4.69, 9.17) is 4.74 Å². The molecule has 7 heteroatoms.